The number of benzene rings is 2. The molecule has 3 rings (SSSR count). The molecule has 23 heavy (non-hydrogen) atoms. The molecule has 0 aliphatic rings. The van der Waals surface area contributed by atoms with Gasteiger partial charge in [0.2, 0.25) is 4.80 Å². The highest BCUT2D eigenvalue weighted by atomic mass is 32.2. The van der Waals surface area contributed by atoms with Gasteiger partial charge in [0.1, 0.15) is 5.82 Å². The summed E-state index contributed by atoms with van der Waals surface area (Å²) < 4.78 is 44.4. The highest BCUT2D eigenvalue weighted by Gasteiger charge is 2.14. The maximum absolute atomic E-state index is 13.0. The summed E-state index contributed by atoms with van der Waals surface area (Å²) in [6, 6.07) is 8.70. The van der Waals surface area contributed by atoms with Gasteiger partial charge >= 0.3 is 0 Å². The van der Waals surface area contributed by atoms with Crippen LogP contribution in [-0.4, -0.2) is 13.0 Å². The Kier molecular flexibility index (Phi) is 3.85. The van der Waals surface area contributed by atoms with Gasteiger partial charge in [-0.25, -0.2) is 4.39 Å². The largest absolute Gasteiger partial charge is 0.319 e. The van der Waals surface area contributed by atoms with E-state index in [1.54, 1.807) is 11.6 Å². The third-order valence-electron chi connectivity index (χ3n) is 3.73. The Morgan fingerprint density at radius 1 is 1.09 bits per heavy atom. The van der Waals surface area contributed by atoms with E-state index in [-0.39, 0.29) is 4.90 Å². The molecule has 1 heterocycles. The Hall–Kier alpha value is -1.99. The number of thiazole rings is 1. The van der Waals surface area contributed by atoms with E-state index in [0.717, 1.165) is 33.5 Å². The monoisotopic (exact) mass is 350 g/mol. The fourth-order valence-corrected chi connectivity index (χ4v) is 4.56. The van der Waals surface area contributed by atoms with Gasteiger partial charge in [-0.15, -0.1) is 4.40 Å². The zero-order valence-corrected chi connectivity index (χ0v) is 14.5. The molecule has 0 bridgehead atoms. The molecule has 0 N–H and O–H groups in total. The quantitative estimate of drug-likeness (QED) is 0.712. The summed E-state index contributed by atoms with van der Waals surface area (Å²) in [6.45, 7) is 4.03. The number of fused-ring (bicyclic) bond motifs is 1. The maximum atomic E-state index is 13.0. The van der Waals surface area contributed by atoms with Gasteiger partial charge in [-0.2, -0.15) is 8.42 Å². The Bertz CT molecular complexity index is 1060. The molecule has 120 valence electrons. The summed E-state index contributed by atoms with van der Waals surface area (Å²) in [5.74, 6) is -0.484. The number of halogens is 1. The molecule has 0 amide bonds. The van der Waals surface area contributed by atoms with Gasteiger partial charge in [-0.3, -0.25) is 0 Å². The second kappa shape index (κ2) is 5.58. The van der Waals surface area contributed by atoms with E-state index in [9.17, 15) is 12.8 Å². The lowest BCUT2D eigenvalue weighted by Gasteiger charge is -2.01. The number of aromatic nitrogens is 1. The van der Waals surface area contributed by atoms with Gasteiger partial charge in [-0.05, 0) is 61.4 Å². The Morgan fingerprint density at radius 3 is 2.35 bits per heavy atom. The topological polar surface area (TPSA) is 51.4 Å². The van der Waals surface area contributed by atoms with Crippen molar-refractivity contribution in [2.24, 2.45) is 11.4 Å². The lowest BCUT2D eigenvalue weighted by molar-refractivity contribution is 0.595. The van der Waals surface area contributed by atoms with E-state index in [1.165, 1.54) is 23.5 Å². The first-order valence-corrected chi connectivity index (χ1v) is 9.17. The van der Waals surface area contributed by atoms with Crippen molar-refractivity contribution in [3.8, 4) is 0 Å². The molecule has 0 atom stereocenters. The molecule has 0 spiro atoms. The Morgan fingerprint density at radius 2 is 1.70 bits per heavy atom. The van der Waals surface area contributed by atoms with Crippen LogP contribution in [0, 0.1) is 19.7 Å². The van der Waals surface area contributed by atoms with Crippen LogP contribution in [0.1, 0.15) is 11.1 Å². The molecule has 3 aromatic rings. The molecule has 7 heteroatoms. The smallest absolute Gasteiger partial charge is 0.285 e. The molecule has 0 radical (unpaired) electrons. The van der Waals surface area contributed by atoms with Gasteiger partial charge in [0, 0.05) is 7.05 Å². The normalized spacial score (nSPS) is 13.0. The van der Waals surface area contributed by atoms with Gasteiger partial charge in [0.25, 0.3) is 10.0 Å². The number of hydrogen-bond acceptors (Lipinski definition) is 3. The second-order valence-corrected chi connectivity index (χ2v) is 7.98. The van der Waals surface area contributed by atoms with Crippen LogP contribution in [0.25, 0.3) is 10.2 Å². The minimum absolute atomic E-state index is 0.0243. The molecule has 0 fully saturated rings. The van der Waals surface area contributed by atoms with Gasteiger partial charge in [-0.1, -0.05) is 11.3 Å². The number of rotatable bonds is 2. The highest BCUT2D eigenvalue weighted by Crippen LogP contribution is 2.21. The molecule has 0 saturated carbocycles. The van der Waals surface area contributed by atoms with Crippen LogP contribution in [-0.2, 0) is 17.1 Å². The number of aryl methyl sites for hydroxylation is 3. The van der Waals surface area contributed by atoms with Crippen LogP contribution < -0.4 is 4.80 Å². The van der Waals surface area contributed by atoms with E-state index in [4.69, 9.17) is 0 Å². The van der Waals surface area contributed by atoms with Crippen LogP contribution in [0.2, 0.25) is 0 Å². The van der Waals surface area contributed by atoms with Crippen molar-refractivity contribution in [3.63, 3.8) is 0 Å². The van der Waals surface area contributed by atoms with E-state index < -0.39 is 15.8 Å². The molecule has 0 aliphatic heterocycles. The standard InChI is InChI=1S/C16H15FN2O2S2/c1-10-8-14-15(9-11(10)2)22-16(19(14)3)18-23(20,21)13-6-4-12(17)5-7-13/h4-9H,1-3H3. The molecule has 0 saturated heterocycles. The first-order chi connectivity index (χ1) is 10.8. The maximum Gasteiger partial charge on any atom is 0.285 e. The van der Waals surface area contributed by atoms with E-state index in [0.29, 0.717) is 4.80 Å². The first-order valence-electron chi connectivity index (χ1n) is 6.91. The van der Waals surface area contributed by atoms with Crippen molar-refractivity contribution < 1.29 is 12.8 Å². The number of nitrogens with zero attached hydrogens (tertiary/aromatic N) is 2. The number of hydrogen-bond donors (Lipinski definition) is 0. The van der Waals surface area contributed by atoms with Crippen LogP contribution >= 0.6 is 11.3 Å². The van der Waals surface area contributed by atoms with Crippen molar-refractivity contribution in [3.05, 3.63) is 58.1 Å². The predicted molar refractivity (Wildman–Crippen MR) is 89.4 cm³/mol. The molecule has 2 aromatic carbocycles. The predicted octanol–water partition coefficient (Wildman–Crippen LogP) is 3.29. The average Bonchev–Trinajstić information content (AvgIpc) is 2.76. The Balaban J connectivity index is 2.21. The van der Waals surface area contributed by atoms with Crippen molar-refractivity contribution >= 4 is 31.6 Å². The summed E-state index contributed by atoms with van der Waals surface area (Å²) in [6.07, 6.45) is 0. The summed E-state index contributed by atoms with van der Waals surface area (Å²) >= 11 is 1.31. The third kappa shape index (κ3) is 2.94. The average molecular weight is 350 g/mol. The van der Waals surface area contributed by atoms with Crippen molar-refractivity contribution in [1.82, 2.24) is 4.57 Å². The Labute approximate surface area is 137 Å². The highest BCUT2D eigenvalue weighted by molar-refractivity contribution is 7.90. The van der Waals surface area contributed by atoms with Crippen molar-refractivity contribution in [2.45, 2.75) is 18.7 Å². The molecule has 0 unspecified atom stereocenters. The number of sulfonamides is 1. The first kappa shape index (κ1) is 15.9. The fourth-order valence-electron chi connectivity index (χ4n) is 2.23. The van der Waals surface area contributed by atoms with Crippen LogP contribution in [0.4, 0.5) is 4.39 Å². The molecule has 0 aliphatic carbocycles. The molecular formula is C16H15FN2O2S2. The minimum Gasteiger partial charge on any atom is -0.319 e. The SMILES string of the molecule is Cc1cc2sc(=NS(=O)(=O)c3ccc(F)cc3)n(C)c2cc1C. The van der Waals surface area contributed by atoms with Gasteiger partial charge in [0.15, 0.2) is 0 Å². The van der Waals surface area contributed by atoms with E-state index >= 15 is 0 Å². The molecular weight excluding hydrogens is 335 g/mol. The fraction of sp³-hybridized carbons (Fsp3) is 0.188. The van der Waals surface area contributed by atoms with Crippen LogP contribution in [0.15, 0.2) is 45.7 Å². The summed E-state index contributed by atoms with van der Waals surface area (Å²) in [7, 11) is -2.09. The zero-order chi connectivity index (χ0) is 16.8. The van der Waals surface area contributed by atoms with Gasteiger partial charge < -0.3 is 4.57 Å². The lowest BCUT2D eigenvalue weighted by atomic mass is 10.1. The van der Waals surface area contributed by atoms with E-state index in [1.807, 2.05) is 26.0 Å². The lowest BCUT2D eigenvalue weighted by Crippen LogP contribution is -2.13. The van der Waals surface area contributed by atoms with Crippen LogP contribution in [0.3, 0.4) is 0 Å². The molecule has 1 aromatic heterocycles. The summed E-state index contributed by atoms with van der Waals surface area (Å²) in [5.41, 5.74) is 3.22. The second-order valence-electron chi connectivity index (χ2n) is 5.37. The van der Waals surface area contributed by atoms with Crippen molar-refractivity contribution in [1.29, 1.82) is 0 Å². The van der Waals surface area contributed by atoms with Gasteiger partial charge in [0.05, 0.1) is 15.1 Å². The minimum atomic E-state index is -3.87. The van der Waals surface area contributed by atoms with E-state index in [2.05, 4.69) is 4.40 Å². The van der Waals surface area contributed by atoms with Crippen molar-refractivity contribution in [2.75, 3.05) is 0 Å². The zero-order valence-electron chi connectivity index (χ0n) is 12.9. The third-order valence-corrected chi connectivity index (χ3v) is 6.23. The summed E-state index contributed by atoms with van der Waals surface area (Å²) in [5, 5.41) is 0. The summed E-state index contributed by atoms with van der Waals surface area (Å²) in [4.78, 5) is 0.359. The molecule has 4 nitrogen and oxygen atoms in total. The van der Waals surface area contributed by atoms with Crippen LogP contribution in [0.5, 0.6) is 0 Å².